The molecular weight excluding hydrogens is 240 g/mol. The topological polar surface area (TPSA) is 44.7 Å². The zero-order valence-corrected chi connectivity index (χ0v) is 12.7. The van der Waals surface area contributed by atoms with Gasteiger partial charge in [-0.05, 0) is 38.6 Å². The highest BCUT2D eigenvalue weighted by molar-refractivity contribution is 5.00. The number of hydrogen-bond acceptors (Lipinski definition) is 4. The standard InChI is InChI=1S/C15H30N2O2/c1-12(2)16-15(11-18)7-6-13(9-15)17-8-4-5-14(10-17)19-3/h12-14,16,18H,4-11H2,1-3H3. The quantitative estimate of drug-likeness (QED) is 0.792. The molecule has 0 radical (unpaired) electrons. The number of nitrogens with one attached hydrogen (secondary N) is 1. The van der Waals surface area contributed by atoms with Crippen LogP contribution in [0.3, 0.4) is 0 Å². The van der Waals surface area contributed by atoms with Gasteiger partial charge in [0.2, 0.25) is 0 Å². The van der Waals surface area contributed by atoms with Crippen molar-refractivity contribution in [2.45, 2.75) is 69.7 Å². The molecule has 0 amide bonds. The van der Waals surface area contributed by atoms with Crippen molar-refractivity contribution >= 4 is 0 Å². The van der Waals surface area contributed by atoms with Gasteiger partial charge >= 0.3 is 0 Å². The highest BCUT2D eigenvalue weighted by Crippen LogP contribution is 2.34. The lowest BCUT2D eigenvalue weighted by molar-refractivity contribution is 0.0131. The van der Waals surface area contributed by atoms with E-state index in [1.165, 1.54) is 25.8 Å². The van der Waals surface area contributed by atoms with Crippen molar-refractivity contribution in [2.75, 3.05) is 26.8 Å². The Labute approximate surface area is 117 Å². The highest BCUT2D eigenvalue weighted by Gasteiger charge is 2.41. The number of hydrogen-bond donors (Lipinski definition) is 2. The maximum Gasteiger partial charge on any atom is 0.0698 e. The maximum absolute atomic E-state index is 9.77. The van der Waals surface area contributed by atoms with Gasteiger partial charge in [-0.1, -0.05) is 13.8 Å². The Bertz CT molecular complexity index is 285. The molecule has 0 aromatic carbocycles. The molecule has 1 aliphatic carbocycles. The Morgan fingerprint density at radius 3 is 2.84 bits per heavy atom. The number of aliphatic hydroxyl groups is 1. The molecule has 19 heavy (non-hydrogen) atoms. The summed E-state index contributed by atoms with van der Waals surface area (Å²) in [7, 11) is 1.82. The van der Waals surface area contributed by atoms with Crippen molar-refractivity contribution < 1.29 is 9.84 Å². The summed E-state index contributed by atoms with van der Waals surface area (Å²) >= 11 is 0. The Morgan fingerprint density at radius 2 is 2.21 bits per heavy atom. The average molecular weight is 270 g/mol. The van der Waals surface area contributed by atoms with Gasteiger partial charge in [-0.3, -0.25) is 4.90 Å². The molecule has 3 unspecified atom stereocenters. The summed E-state index contributed by atoms with van der Waals surface area (Å²) in [6, 6.07) is 1.04. The van der Waals surface area contributed by atoms with Gasteiger partial charge in [0.05, 0.1) is 12.7 Å². The average Bonchev–Trinajstić information content (AvgIpc) is 2.83. The van der Waals surface area contributed by atoms with Crippen LogP contribution in [0.2, 0.25) is 0 Å². The molecule has 2 aliphatic rings. The molecule has 2 N–H and O–H groups in total. The lowest BCUT2D eigenvalue weighted by Gasteiger charge is -2.37. The summed E-state index contributed by atoms with van der Waals surface area (Å²) in [6.07, 6.45) is 6.17. The highest BCUT2D eigenvalue weighted by atomic mass is 16.5. The minimum atomic E-state index is -0.0567. The second kappa shape index (κ2) is 6.53. The van der Waals surface area contributed by atoms with E-state index in [-0.39, 0.29) is 12.1 Å². The van der Waals surface area contributed by atoms with Gasteiger partial charge in [0.15, 0.2) is 0 Å². The molecule has 2 rings (SSSR count). The minimum Gasteiger partial charge on any atom is -0.394 e. The number of piperidine rings is 1. The van der Waals surface area contributed by atoms with Crippen molar-refractivity contribution in [1.29, 1.82) is 0 Å². The Kier molecular flexibility index (Phi) is 5.23. The summed E-state index contributed by atoms with van der Waals surface area (Å²) in [6.45, 7) is 6.82. The number of ether oxygens (including phenoxy) is 1. The van der Waals surface area contributed by atoms with E-state index < -0.39 is 0 Å². The van der Waals surface area contributed by atoms with E-state index in [0.717, 1.165) is 19.4 Å². The van der Waals surface area contributed by atoms with E-state index >= 15 is 0 Å². The van der Waals surface area contributed by atoms with Crippen LogP contribution in [-0.4, -0.2) is 60.5 Å². The predicted octanol–water partition coefficient (Wildman–Crippen LogP) is 1.38. The third kappa shape index (κ3) is 3.69. The normalized spacial score (nSPS) is 37.1. The molecule has 4 heteroatoms. The smallest absolute Gasteiger partial charge is 0.0698 e. The van der Waals surface area contributed by atoms with Crippen LogP contribution in [-0.2, 0) is 4.74 Å². The van der Waals surface area contributed by atoms with Crippen molar-refractivity contribution in [3.05, 3.63) is 0 Å². The Morgan fingerprint density at radius 1 is 1.42 bits per heavy atom. The summed E-state index contributed by atoms with van der Waals surface area (Å²) < 4.78 is 5.52. The summed E-state index contributed by atoms with van der Waals surface area (Å²) in [5, 5.41) is 13.4. The van der Waals surface area contributed by atoms with Gasteiger partial charge in [-0.15, -0.1) is 0 Å². The fourth-order valence-corrected chi connectivity index (χ4v) is 3.83. The molecule has 4 nitrogen and oxygen atoms in total. The van der Waals surface area contributed by atoms with Gasteiger partial charge in [0, 0.05) is 31.3 Å². The van der Waals surface area contributed by atoms with Crippen molar-refractivity contribution in [1.82, 2.24) is 10.2 Å². The van der Waals surface area contributed by atoms with Crippen LogP contribution >= 0.6 is 0 Å². The lowest BCUT2D eigenvalue weighted by Crippen LogP contribution is -2.51. The molecule has 1 saturated carbocycles. The van der Waals surface area contributed by atoms with E-state index in [9.17, 15) is 5.11 Å². The van der Waals surface area contributed by atoms with Crippen molar-refractivity contribution in [2.24, 2.45) is 0 Å². The lowest BCUT2D eigenvalue weighted by atomic mass is 9.96. The first-order valence-electron chi connectivity index (χ1n) is 7.74. The number of nitrogens with zero attached hydrogens (tertiary/aromatic N) is 1. The molecule has 112 valence electrons. The molecule has 1 aliphatic heterocycles. The van der Waals surface area contributed by atoms with Crippen LogP contribution in [0, 0.1) is 0 Å². The van der Waals surface area contributed by atoms with E-state index in [4.69, 9.17) is 4.74 Å². The molecule has 3 atom stereocenters. The van der Waals surface area contributed by atoms with Crippen molar-refractivity contribution in [3.63, 3.8) is 0 Å². The monoisotopic (exact) mass is 270 g/mol. The second-order valence-corrected chi connectivity index (χ2v) is 6.63. The minimum absolute atomic E-state index is 0.0567. The predicted molar refractivity (Wildman–Crippen MR) is 77.3 cm³/mol. The molecule has 1 heterocycles. The first-order chi connectivity index (χ1) is 9.08. The van der Waals surface area contributed by atoms with Gasteiger partial charge in [0.1, 0.15) is 0 Å². The fourth-order valence-electron chi connectivity index (χ4n) is 3.83. The fraction of sp³-hybridized carbons (Fsp3) is 1.00. The molecule has 1 saturated heterocycles. The number of likely N-dealkylation sites (tertiary alicyclic amines) is 1. The SMILES string of the molecule is COC1CCCN(C2CCC(CO)(NC(C)C)C2)C1. The third-order valence-electron chi connectivity index (χ3n) is 4.74. The first-order valence-corrected chi connectivity index (χ1v) is 7.74. The van der Waals surface area contributed by atoms with Crippen LogP contribution < -0.4 is 5.32 Å². The summed E-state index contributed by atoms with van der Waals surface area (Å²) in [4.78, 5) is 2.58. The zero-order chi connectivity index (χ0) is 13.9. The van der Waals surface area contributed by atoms with Crippen LogP contribution in [0.4, 0.5) is 0 Å². The van der Waals surface area contributed by atoms with Gasteiger partial charge in [-0.2, -0.15) is 0 Å². The van der Waals surface area contributed by atoms with E-state index in [2.05, 4.69) is 24.1 Å². The third-order valence-corrected chi connectivity index (χ3v) is 4.74. The van der Waals surface area contributed by atoms with Crippen LogP contribution in [0.15, 0.2) is 0 Å². The second-order valence-electron chi connectivity index (χ2n) is 6.63. The summed E-state index contributed by atoms with van der Waals surface area (Å²) in [5.41, 5.74) is -0.0567. The Hall–Kier alpha value is -0.160. The van der Waals surface area contributed by atoms with Gasteiger partial charge in [0.25, 0.3) is 0 Å². The van der Waals surface area contributed by atoms with E-state index in [1.807, 2.05) is 7.11 Å². The van der Waals surface area contributed by atoms with Gasteiger partial charge in [-0.25, -0.2) is 0 Å². The van der Waals surface area contributed by atoms with Crippen molar-refractivity contribution in [3.8, 4) is 0 Å². The summed E-state index contributed by atoms with van der Waals surface area (Å²) in [5.74, 6) is 0. The number of methoxy groups -OCH3 is 1. The maximum atomic E-state index is 9.77. The van der Waals surface area contributed by atoms with E-state index in [0.29, 0.717) is 18.2 Å². The molecule has 0 bridgehead atoms. The van der Waals surface area contributed by atoms with Gasteiger partial charge < -0.3 is 15.2 Å². The molecule has 2 fully saturated rings. The van der Waals surface area contributed by atoms with Crippen LogP contribution in [0.5, 0.6) is 0 Å². The molecule has 0 aromatic rings. The van der Waals surface area contributed by atoms with E-state index in [1.54, 1.807) is 0 Å². The largest absolute Gasteiger partial charge is 0.394 e. The molecule has 0 aromatic heterocycles. The van der Waals surface area contributed by atoms with Crippen LogP contribution in [0.1, 0.15) is 46.0 Å². The molecule has 0 spiro atoms. The van der Waals surface area contributed by atoms with Crippen LogP contribution in [0.25, 0.3) is 0 Å². The molecular formula is C15H30N2O2. The number of aliphatic hydroxyl groups excluding tert-OH is 1. The number of rotatable bonds is 5. The zero-order valence-electron chi connectivity index (χ0n) is 12.7. The first kappa shape index (κ1) is 15.2. The Balaban J connectivity index is 1.93.